The van der Waals surface area contributed by atoms with Gasteiger partial charge >= 0.3 is 0 Å². The minimum absolute atomic E-state index is 0.672. The summed E-state index contributed by atoms with van der Waals surface area (Å²) < 4.78 is 3.28. The molecule has 0 aliphatic rings. The van der Waals surface area contributed by atoms with E-state index in [9.17, 15) is 0 Å². The molecule has 4 heteroatoms. The van der Waals surface area contributed by atoms with Gasteiger partial charge in [-0.05, 0) is 30.2 Å². The van der Waals surface area contributed by atoms with Crippen LogP contribution in [0, 0.1) is 5.92 Å². The van der Waals surface area contributed by atoms with Gasteiger partial charge in [-0.15, -0.1) is 0 Å². The monoisotopic (exact) mass is 335 g/mol. The number of imidazole rings is 1. The van der Waals surface area contributed by atoms with Gasteiger partial charge in [-0.25, -0.2) is 4.98 Å². The Balaban J connectivity index is 2.13. The molecule has 0 saturated carbocycles. The first kappa shape index (κ1) is 15.3. The molecule has 0 saturated heterocycles. The van der Waals surface area contributed by atoms with Crippen LogP contribution in [0.15, 0.2) is 35.1 Å². The molecule has 0 unspecified atom stereocenters. The molecule has 0 atom stereocenters. The SMILES string of the molecule is CCc1nccn1-c1ccc(CNCC(C)C)c(Br)c1. The molecule has 3 nitrogen and oxygen atoms in total. The zero-order valence-corrected chi connectivity index (χ0v) is 13.9. The smallest absolute Gasteiger partial charge is 0.112 e. The molecule has 1 N–H and O–H groups in total. The predicted octanol–water partition coefficient (Wildman–Crippen LogP) is 3.94. The highest BCUT2D eigenvalue weighted by molar-refractivity contribution is 9.10. The Hall–Kier alpha value is -1.13. The van der Waals surface area contributed by atoms with Gasteiger partial charge in [-0.3, -0.25) is 0 Å². The maximum atomic E-state index is 4.37. The van der Waals surface area contributed by atoms with Crippen LogP contribution in [-0.4, -0.2) is 16.1 Å². The van der Waals surface area contributed by atoms with E-state index in [4.69, 9.17) is 0 Å². The fraction of sp³-hybridized carbons (Fsp3) is 0.438. The maximum Gasteiger partial charge on any atom is 0.112 e. The molecule has 2 aromatic rings. The lowest BCUT2D eigenvalue weighted by Gasteiger charge is -2.12. The zero-order chi connectivity index (χ0) is 14.5. The number of halogens is 1. The quantitative estimate of drug-likeness (QED) is 0.866. The second-order valence-corrected chi connectivity index (χ2v) is 6.22. The molecule has 1 aromatic heterocycles. The minimum atomic E-state index is 0.672. The Kier molecular flexibility index (Phi) is 5.38. The van der Waals surface area contributed by atoms with Gasteiger partial charge in [0.15, 0.2) is 0 Å². The maximum absolute atomic E-state index is 4.37. The van der Waals surface area contributed by atoms with Crippen molar-refractivity contribution in [2.45, 2.75) is 33.7 Å². The standard InChI is InChI=1S/C16H22BrN3/c1-4-16-19-7-8-20(16)14-6-5-13(15(17)9-14)11-18-10-12(2)3/h5-9,12,18H,4,10-11H2,1-3H3. The van der Waals surface area contributed by atoms with E-state index in [0.29, 0.717) is 5.92 Å². The molecule has 0 fully saturated rings. The molecule has 20 heavy (non-hydrogen) atoms. The van der Waals surface area contributed by atoms with Crippen molar-refractivity contribution in [2.24, 2.45) is 5.92 Å². The molecule has 0 radical (unpaired) electrons. The Morgan fingerprint density at radius 2 is 2.15 bits per heavy atom. The van der Waals surface area contributed by atoms with Crippen LogP contribution in [0.25, 0.3) is 5.69 Å². The van der Waals surface area contributed by atoms with E-state index in [1.165, 1.54) is 5.56 Å². The summed E-state index contributed by atoms with van der Waals surface area (Å²) in [7, 11) is 0. The summed E-state index contributed by atoms with van der Waals surface area (Å²) in [6.45, 7) is 8.49. The molecule has 0 aliphatic heterocycles. The van der Waals surface area contributed by atoms with Gasteiger partial charge in [0.1, 0.15) is 5.82 Å². The fourth-order valence-corrected chi connectivity index (χ4v) is 2.66. The van der Waals surface area contributed by atoms with Gasteiger partial charge < -0.3 is 9.88 Å². The number of hydrogen-bond donors (Lipinski definition) is 1. The van der Waals surface area contributed by atoms with Crippen molar-refractivity contribution < 1.29 is 0 Å². The van der Waals surface area contributed by atoms with E-state index >= 15 is 0 Å². The van der Waals surface area contributed by atoms with Gasteiger partial charge in [-0.1, -0.05) is 42.8 Å². The molecule has 2 rings (SSSR count). The van der Waals surface area contributed by atoms with Crippen molar-refractivity contribution in [3.63, 3.8) is 0 Å². The number of aryl methyl sites for hydroxylation is 1. The number of benzene rings is 1. The normalized spacial score (nSPS) is 11.2. The summed E-state index contributed by atoms with van der Waals surface area (Å²) in [5.74, 6) is 1.76. The third-order valence-corrected chi connectivity index (χ3v) is 3.95. The average Bonchev–Trinajstić information content (AvgIpc) is 2.88. The lowest BCUT2D eigenvalue weighted by atomic mass is 10.2. The van der Waals surface area contributed by atoms with Crippen LogP contribution in [-0.2, 0) is 13.0 Å². The third kappa shape index (κ3) is 3.70. The summed E-state index contributed by atoms with van der Waals surface area (Å²) >= 11 is 3.67. The Morgan fingerprint density at radius 3 is 2.80 bits per heavy atom. The van der Waals surface area contributed by atoms with Crippen molar-refractivity contribution >= 4 is 15.9 Å². The molecule has 0 amide bonds. The highest BCUT2D eigenvalue weighted by Gasteiger charge is 2.06. The largest absolute Gasteiger partial charge is 0.312 e. The van der Waals surface area contributed by atoms with Crippen molar-refractivity contribution in [3.8, 4) is 5.69 Å². The summed E-state index contributed by atoms with van der Waals surface area (Å²) in [4.78, 5) is 4.37. The van der Waals surface area contributed by atoms with E-state index in [-0.39, 0.29) is 0 Å². The van der Waals surface area contributed by atoms with Crippen molar-refractivity contribution in [2.75, 3.05) is 6.54 Å². The van der Waals surface area contributed by atoms with Crippen molar-refractivity contribution in [3.05, 3.63) is 46.5 Å². The molecule has 0 spiro atoms. The zero-order valence-electron chi connectivity index (χ0n) is 12.4. The second kappa shape index (κ2) is 7.04. The Morgan fingerprint density at radius 1 is 1.35 bits per heavy atom. The van der Waals surface area contributed by atoms with Crippen LogP contribution in [0.5, 0.6) is 0 Å². The first-order valence-electron chi connectivity index (χ1n) is 7.13. The highest BCUT2D eigenvalue weighted by Crippen LogP contribution is 2.22. The van der Waals surface area contributed by atoms with E-state index in [1.54, 1.807) is 0 Å². The number of rotatable bonds is 6. The predicted molar refractivity (Wildman–Crippen MR) is 87.2 cm³/mol. The number of nitrogens with zero attached hydrogens (tertiary/aromatic N) is 2. The summed E-state index contributed by atoms with van der Waals surface area (Å²) in [6, 6.07) is 6.48. The lowest BCUT2D eigenvalue weighted by Crippen LogP contribution is -2.19. The Bertz CT molecular complexity index is 561. The number of aromatic nitrogens is 2. The van der Waals surface area contributed by atoms with Gasteiger partial charge in [0.05, 0.1) is 0 Å². The first-order valence-corrected chi connectivity index (χ1v) is 7.92. The van der Waals surface area contributed by atoms with Crippen LogP contribution < -0.4 is 5.32 Å². The van der Waals surface area contributed by atoms with Gasteiger partial charge in [0.2, 0.25) is 0 Å². The minimum Gasteiger partial charge on any atom is -0.312 e. The second-order valence-electron chi connectivity index (χ2n) is 5.37. The Labute approximate surface area is 129 Å². The van der Waals surface area contributed by atoms with Crippen LogP contribution >= 0.6 is 15.9 Å². The molecular weight excluding hydrogens is 314 g/mol. The molecule has 1 aromatic carbocycles. The van der Waals surface area contributed by atoms with Gasteiger partial charge in [0.25, 0.3) is 0 Å². The molecule has 108 valence electrons. The molecule has 0 bridgehead atoms. The van der Waals surface area contributed by atoms with Gasteiger partial charge in [-0.2, -0.15) is 0 Å². The highest BCUT2D eigenvalue weighted by atomic mass is 79.9. The third-order valence-electron chi connectivity index (χ3n) is 3.22. The van der Waals surface area contributed by atoms with E-state index in [1.807, 2.05) is 12.4 Å². The molecule has 0 aliphatic carbocycles. The number of nitrogens with one attached hydrogen (secondary N) is 1. The summed E-state index contributed by atoms with van der Waals surface area (Å²) in [5, 5.41) is 3.47. The van der Waals surface area contributed by atoms with Crippen LogP contribution in [0.3, 0.4) is 0 Å². The lowest BCUT2D eigenvalue weighted by molar-refractivity contribution is 0.552. The van der Waals surface area contributed by atoms with Crippen molar-refractivity contribution in [1.82, 2.24) is 14.9 Å². The van der Waals surface area contributed by atoms with Crippen LogP contribution in [0.1, 0.15) is 32.2 Å². The van der Waals surface area contributed by atoms with Crippen LogP contribution in [0.4, 0.5) is 0 Å². The first-order chi connectivity index (χ1) is 9.61. The van der Waals surface area contributed by atoms with E-state index in [2.05, 4.69) is 69.8 Å². The number of hydrogen-bond acceptors (Lipinski definition) is 2. The van der Waals surface area contributed by atoms with Crippen molar-refractivity contribution in [1.29, 1.82) is 0 Å². The summed E-state index contributed by atoms with van der Waals surface area (Å²) in [6.07, 6.45) is 4.80. The van der Waals surface area contributed by atoms with Crippen LogP contribution in [0.2, 0.25) is 0 Å². The van der Waals surface area contributed by atoms with Gasteiger partial charge in [0, 0.05) is 35.5 Å². The average molecular weight is 336 g/mol. The fourth-order valence-electron chi connectivity index (χ4n) is 2.16. The molecular formula is C16H22BrN3. The topological polar surface area (TPSA) is 29.9 Å². The van der Waals surface area contributed by atoms with E-state index < -0.39 is 0 Å². The summed E-state index contributed by atoms with van der Waals surface area (Å²) in [5.41, 5.74) is 2.44. The molecule has 1 heterocycles. The van der Waals surface area contributed by atoms with E-state index in [0.717, 1.165) is 35.5 Å².